The zero-order valence-corrected chi connectivity index (χ0v) is 15.0. The Balaban J connectivity index is 1.64. The molecular weight excluding hydrogens is 320 g/mol. The minimum atomic E-state index is -0.679. The molecule has 2 aliphatic heterocycles. The summed E-state index contributed by atoms with van der Waals surface area (Å²) in [5.74, 6) is -0.567. The highest BCUT2D eigenvalue weighted by Gasteiger charge is 2.46. The summed E-state index contributed by atoms with van der Waals surface area (Å²) in [5, 5.41) is 10.6. The molecule has 138 valence electrons. The largest absolute Gasteiger partial charge is 0.388 e. The van der Waals surface area contributed by atoms with Gasteiger partial charge in [0, 0.05) is 6.42 Å². The van der Waals surface area contributed by atoms with Crippen LogP contribution in [0.2, 0.25) is 0 Å². The zero-order chi connectivity index (χ0) is 17.9. The molecule has 1 N–H and O–H groups in total. The molecule has 4 unspecified atom stereocenters. The molecule has 2 heterocycles. The van der Waals surface area contributed by atoms with Crippen molar-refractivity contribution in [2.45, 2.75) is 69.6 Å². The number of aliphatic hydroxyl groups is 1. The van der Waals surface area contributed by atoms with Crippen molar-refractivity contribution in [2.75, 3.05) is 6.61 Å². The maximum absolute atomic E-state index is 10.6. The Morgan fingerprint density at radius 1 is 1.28 bits per heavy atom. The van der Waals surface area contributed by atoms with E-state index < -0.39 is 18.0 Å². The van der Waals surface area contributed by atoms with E-state index in [4.69, 9.17) is 18.9 Å². The van der Waals surface area contributed by atoms with Crippen molar-refractivity contribution in [3.63, 3.8) is 0 Å². The van der Waals surface area contributed by atoms with E-state index in [-0.39, 0.29) is 18.3 Å². The molecule has 0 saturated carbocycles. The van der Waals surface area contributed by atoms with Gasteiger partial charge in [0.1, 0.15) is 12.2 Å². The van der Waals surface area contributed by atoms with E-state index in [9.17, 15) is 5.11 Å². The number of ether oxygens (including phenoxy) is 4. The topological polar surface area (TPSA) is 57.2 Å². The van der Waals surface area contributed by atoms with Gasteiger partial charge >= 0.3 is 0 Å². The lowest BCUT2D eigenvalue weighted by atomic mass is 10.0. The molecule has 5 atom stereocenters. The molecule has 5 heteroatoms. The summed E-state index contributed by atoms with van der Waals surface area (Å²) in [6.45, 7) is 8.53. The van der Waals surface area contributed by atoms with E-state index >= 15 is 0 Å². The molecule has 5 nitrogen and oxygen atoms in total. The molecule has 2 fully saturated rings. The molecule has 25 heavy (non-hydrogen) atoms. The van der Waals surface area contributed by atoms with Gasteiger partial charge in [0.15, 0.2) is 5.79 Å². The number of hydrogen-bond acceptors (Lipinski definition) is 5. The molecule has 0 aromatic heterocycles. The highest BCUT2D eigenvalue weighted by atomic mass is 16.7. The fourth-order valence-corrected chi connectivity index (χ4v) is 3.47. The van der Waals surface area contributed by atoms with Crippen molar-refractivity contribution in [1.82, 2.24) is 0 Å². The van der Waals surface area contributed by atoms with Crippen molar-refractivity contribution in [3.8, 4) is 0 Å². The first-order valence-corrected chi connectivity index (χ1v) is 8.90. The first-order valence-electron chi connectivity index (χ1n) is 8.90. The molecular formula is C20H28O5. The monoisotopic (exact) mass is 348 g/mol. The molecule has 1 aromatic carbocycles. The maximum Gasteiger partial charge on any atom is 0.163 e. The van der Waals surface area contributed by atoms with Crippen molar-refractivity contribution >= 4 is 0 Å². The second-order valence-corrected chi connectivity index (χ2v) is 7.18. The van der Waals surface area contributed by atoms with Crippen molar-refractivity contribution in [1.29, 1.82) is 0 Å². The van der Waals surface area contributed by atoms with Crippen LogP contribution in [0.4, 0.5) is 0 Å². The van der Waals surface area contributed by atoms with E-state index in [1.165, 1.54) is 0 Å². The van der Waals surface area contributed by atoms with Gasteiger partial charge < -0.3 is 24.1 Å². The summed E-state index contributed by atoms with van der Waals surface area (Å²) < 4.78 is 23.6. The van der Waals surface area contributed by atoms with Crippen LogP contribution >= 0.6 is 0 Å². The Bertz CT molecular complexity index is 558. The van der Waals surface area contributed by atoms with Gasteiger partial charge in [-0.15, -0.1) is 6.58 Å². The van der Waals surface area contributed by atoms with Crippen LogP contribution < -0.4 is 0 Å². The summed E-state index contributed by atoms with van der Waals surface area (Å²) >= 11 is 0. The molecule has 0 aliphatic carbocycles. The predicted octanol–water partition coefficient (Wildman–Crippen LogP) is 2.82. The van der Waals surface area contributed by atoms with Gasteiger partial charge in [-0.3, -0.25) is 0 Å². The van der Waals surface area contributed by atoms with Gasteiger partial charge in [-0.05, 0) is 25.8 Å². The van der Waals surface area contributed by atoms with Gasteiger partial charge in [-0.25, -0.2) is 0 Å². The third-order valence-corrected chi connectivity index (χ3v) is 4.68. The summed E-state index contributed by atoms with van der Waals surface area (Å²) in [6.07, 6.45) is 1.34. The number of rotatable bonds is 7. The van der Waals surface area contributed by atoms with E-state index in [1.807, 2.05) is 44.2 Å². The minimum absolute atomic E-state index is 0.0579. The Kier molecular flexibility index (Phi) is 5.92. The Morgan fingerprint density at radius 3 is 2.68 bits per heavy atom. The number of hydrogen-bond donors (Lipinski definition) is 1. The third-order valence-electron chi connectivity index (χ3n) is 4.68. The fourth-order valence-electron chi connectivity index (χ4n) is 3.47. The molecule has 0 amide bonds. The molecule has 2 saturated heterocycles. The zero-order valence-electron chi connectivity index (χ0n) is 15.0. The van der Waals surface area contributed by atoms with Crippen LogP contribution in [-0.4, -0.2) is 48.0 Å². The van der Waals surface area contributed by atoms with E-state index in [0.29, 0.717) is 26.1 Å². The summed E-state index contributed by atoms with van der Waals surface area (Å²) in [5.41, 5.74) is 1.07. The fraction of sp³-hybridized carbons (Fsp3) is 0.600. The van der Waals surface area contributed by atoms with Crippen LogP contribution in [0.15, 0.2) is 43.0 Å². The highest BCUT2D eigenvalue weighted by molar-refractivity contribution is 5.13. The van der Waals surface area contributed by atoms with Crippen molar-refractivity contribution in [3.05, 3.63) is 48.6 Å². The molecule has 1 aromatic rings. The van der Waals surface area contributed by atoms with Crippen LogP contribution in [0.25, 0.3) is 0 Å². The lowest BCUT2D eigenvalue weighted by Gasteiger charge is -2.23. The maximum atomic E-state index is 10.6. The highest BCUT2D eigenvalue weighted by Crippen LogP contribution is 2.33. The molecule has 2 aliphatic rings. The van der Waals surface area contributed by atoms with Crippen LogP contribution in [0.3, 0.4) is 0 Å². The van der Waals surface area contributed by atoms with E-state index in [1.54, 1.807) is 6.08 Å². The minimum Gasteiger partial charge on any atom is -0.388 e. The smallest absolute Gasteiger partial charge is 0.163 e. The summed E-state index contributed by atoms with van der Waals surface area (Å²) in [7, 11) is 0. The van der Waals surface area contributed by atoms with Crippen molar-refractivity contribution < 1.29 is 24.1 Å². The first-order chi connectivity index (χ1) is 12.0. The quantitative estimate of drug-likeness (QED) is 0.768. The normalized spacial score (nSPS) is 34.3. The van der Waals surface area contributed by atoms with Gasteiger partial charge in [0.25, 0.3) is 0 Å². The Labute approximate surface area is 149 Å². The number of aliphatic hydroxyl groups excluding tert-OH is 1. The van der Waals surface area contributed by atoms with Gasteiger partial charge in [0.2, 0.25) is 0 Å². The van der Waals surface area contributed by atoms with E-state index in [2.05, 4.69) is 6.58 Å². The van der Waals surface area contributed by atoms with Gasteiger partial charge in [0.05, 0.1) is 31.5 Å². The molecule has 3 rings (SSSR count). The molecule has 0 spiro atoms. The molecule has 0 bridgehead atoms. The lowest BCUT2D eigenvalue weighted by molar-refractivity contribution is -0.145. The average Bonchev–Trinajstić information content (AvgIpc) is 3.07. The SMILES string of the molecule is C=CCC1OC(CC2COC(C)(C)O2)C(OCc2ccccc2)[C@H]1O. The molecule has 0 radical (unpaired) electrons. The van der Waals surface area contributed by atoms with Gasteiger partial charge in [-0.2, -0.15) is 0 Å². The first kappa shape index (κ1) is 18.5. The average molecular weight is 348 g/mol. The number of benzene rings is 1. The second kappa shape index (κ2) is 7.98. The third kappa shape index (κ3) is 4.68. The Morgan fingerprint density at radius 2 is 2.04 bits per heavy atom. The van der Waals surface area contributed by atoms with Crippen molar-refractivity contribution in [2.24, 2.45) is 0 Å². The van der Waals surface area contributed by atoms with Crippen LogP contribution in [0, 0.1) is 0 Å². The van der Waals surface area contributed by atoms with Crippen LogP contribution in [0.1, 0.15) is 32.3 Å². The summed E-state index contributed by atoms with van der Waals surface area (Å²) in [4.78, 5) is 0. The Hall–Kier alpha value is -1.24. The second-order valence-electron chi connectivity index (χ2n) is 7.18. The van der Waals surface area contributed by atoms with Crippen LogP contribution in [0.5, 0.6) is 0 Å². The van der Waals surface area contributed by atoms with Gasteiger partial charge in [-0.1, -0.05) is 36.4 Å². The van der Waals surface area contributed by atoms with Crippen LogP contribution in [-0.2, 0) is 25.6 Å². The lowest BCUT2D eigenvalue weighted by Crippen LogP contribution is -2.37. The van der Waals surface area contributed by atoms with E-state index in [0.717, 1.165) is 5.56 Å². The summed E-state index contributed by atoms with van der Waals surface area (Å²) in [6, 6.07) is 9.94. The predicted molar refractivity (Wildman–Crippen MR) is 94.0 cm³/mol. The standard InChI is InChI=1S/C20H28O5/c1-4-8-16-18(21)19(22-12-14-9-6-5-7-10-14)17(24-16)11-15-13-23-20(2,3)25-15/h4-7,9-10,15-19,21H,1,8,11-13H2,2-3H3/t15?,16?,17?,18-,19?/m0/s1.